The second-order valence-electron chi connectivity index (χ2n) is 9.53. The number of carbonyl (C=O) groups is 2. The number of guanidine groups is 1. The van der Waals surface area contributed by atoms with E-state index < -0.39 is 5.60 Å². The van der Waals surface area contributed by atoms with Crippen LogP contribution in [0.4, 0.5) is 4.79 Å². The van der Waals surface area contributed by atoms with Gasteiger partial charge in [0, 0.05) is 52.2 Å². The number of benzene rings is 1. The van der Waals surface area contributed by atoms with Crippen LogP contribution in [0, 0.1) is 0 Å². The lowest BCUT2D eigenvalue weighted by molar-refractivity contribution is -0.131. The Morgan fingerprint density at radius 1 is 1.16 bits per heavy atom. The maximum Gasteiger partial charge on any atom is 0.410 e. The monoisotopic (exact) mass is 443 g/mol. The van der Waals surface area contributed by atoms with E-state index in [4.69, 9.17) is 4.74 Å². The van der Waals surface area contributed by atoms with E-state index in [-0.39, 0.29) is 18.0 Å². The van der Waals surface area contributed by atoms with Gasteiger partial charge in [-0.25, -0.2) is 4.79 Å². The molecule has 2 aliphatic rings. The maximum absolute atomic E-state index is 12.5. The summed E-state index contributed by atoms with van der Waals surface area (Å²) in [5.41, 5.74) is 2.00. The number of hydrogen-bond donors (Lipinski definition) is 2. The number of piperidine rings is 1. The topological polar surface area (TPSA) is 86.3 Å². The molecule has 8 heteroatoms. The van der Waals surface area contributed by atoms with Crippen LogP contribution < -0.4 is 10.6 Å². The van der Waals surface area contributed by atoms with Gasteiger partial charge in [0.15, 0.2) is 5.96 Å². The average Bonchev–Trinajstić information content (AvgIpc) is 3.19. The van der Waals surface area contributed by atoms with Crippen LogP contribution in [0.5, 0.6) is 0 Å². The van der Waals surface area contributed by atoms with E-state index in [1.54, 1.807) is 11.9 Å². The molecule has 0 spiro atoms. The lowest BCUT2D eigenvalue weighted by Gasteiger charge is -2.35. The van der Waals surface area contributed by atoms with Crippen LogP contribution in [0.1, 0.15) is 57.6 Å². The highest BCUT2D eigenvalue weighted by Crippen LogP contribution is 2.23. The summed E-state index contributed by atoms with van der Waals surface area (Å²) in [5.74, 6) is 0.883. The predicted molar refractivity (Wildman–Crippen MR) is 125 cm³/mol. The van der Waals surface area contributed by atoms with E-state index in [9.17, 15) is 9.59 Å². The van der Waals surface area contributed by atoms with Crippen molar-refractivity contribution in [3.05, 3.63) is 35.4 Å². The molecule has 0 radical (unpaired) electrons. The van der Waals surface area contributed by atoms with E-state index in [0.717, 1.165) is 19.3 Å². The van der Waals surface area contributed by atoms with Crippen molar-refractivity contribution in [2.24, 2.45) is 4.99 Å². The van der Waals surface area contributed by atoms with Gasteiger partial charge in [0.25, 0.3) is 0 Å². The van der Waals surface area contributed by atoms with Gasteiger partial charge >= 0.3 is 6.09 Å². The van der Waals surface area contributed by atoms with Gasteiger partial charge in [0.1, 0.15) is 5.60 Å². The van der Waals surface area contributed by atoms with Crippen LogP contribution in [0.15, 0.2) is 29.3 Å². The van der Waals surface area contributed by atoms with Crippen molar-refractivity contribution in [1.82, 2.24) is 20.4 Å². The third kappa shape index (κ3) is 6.87. The molecule has 0 aromatic heterocycles. The first-order valence-corrected chi connectivity index (χ1v) is 11.5. The minimum Gasteiger partial charge on any atom is -0.444 e. The number of amides is 2. The minimum atomic E-state index is -0.496. The highest BCUT2D eigenvalue weighted by molar-refractivity contribution is 5.80. The van der Waals surface area contributed by atoms with Crippen LogP contribution in [0.2, 0.25) is 0 Å². The van der Waals surface area contributed by atoms with Crippen molar-refractivity contribution < 1.29 is 14.3 Å². The van der Waals surface area contributed by atoms with Crippen LogP contribution in [0.25, 0.3) is 0 Å². The first kappa shape index (κ1) is 23.9. The Balaban J connectivity index is 1.37. The van der Waals surface area contributed by atoms with Crippen molar-refractivity contribution in [1.29, 1.82) is 0 Å². The number of hydrogen-bond acceptors (Lipinski definition) is 4. The molecule has 1 aromatic carbocycles. The fraction of sp³-hybridized carbons (Fsp3) is 0.625. The summed E-state index contributed by atoms with van der Waals surface area (Å²) >= 11 is 0. The second-order valence-corrected chi connectivity index (χ2v) is 9.53. The Morgan fingerprint density at radius 2 is 1.84 bits per heavy atom. The third-order valence-corrected chi connectivity index (χ3v) is 5.69. The van der Waals surface area contributed by atoms with E-state index in [1.165, 1.54) is 11.1 Å². The summed E-state index contributed by atoms with van der Waals surface area (Å²) in [5, 5.41) is 6.70. The number of aliphatic imine (C=N–C) groups is 1. The number of rotatable bonds is 5. The molecule has 0 aliphatic carbocycles. The molecule has 2 heterocycles. The fourth-order valence-corrected chi connectivity index (χ4v) is 4.09. The minimum absolute atomic E-state index is 0.118. The number of ether oxygens (including phenoxy) is 1. The smallest absolute Gasteiger partial charge is 0.410 e. The van der Waals surface area contributed by atoms with Crippen LogP contribution in [-0.4, -0.2) is 66.1 Å². The van der Waals surface area contributed by atoms with Gasteiger partial charge in [0.2, 0.25) is 5.91 Å². The van der Waals surface area contributed by atoms with Crippen molar-refractivity contribution in [2.75, 3.05) is 26.7 Å². The van der Waals surface area contributed by atoms with Crippen LogP contribution in [0.3, 0.4) is 0 Å². The molecule has 1 atom stereocenters. The molecular formula is C24H37N5O3. The number of nitrogens with one attached hydrogen (secondary N) is 2. The third-order valence-electron chi connectivity index (χ3n) is 5.69. The molecule has 0 saturated carbocycles. The summed E-state index contributed by atoms with van der Waals surface area (Å²) in [6.07, 6.45) is 2.86. The quantitative estimate of drug-likeness (QED) is 0.415. The molecule has 1 unspecified atom stereocenters. The van der Waals surface area contributed by atoms with Gasteiger partial charge in [-0.15, -0.1) is 0 Å². The molecule has 32 heavy (non-hydrogen) atoms. The van der Waals surface area contributed by atoms with E-state index in [0.29, 0.717) is 45.1 Å². The lowest BCUT2D eigenvalue weighted by Crippen LogP contribution is -2.53. The van der Waals surface area contributed by atoms with Crippen molar-refractivity contribution in [2.45, 2.75) is 71.2 Å². The summed E-state index contributed by atoms with van der Waals surface area (Å²) in [7, 11) is 1.73. The second kappa shape index (κ2) is 10.7. The van der Waals surface area contributed by atoms with E-state index >= 15 is 0 Å². The van der Waals surface area contributed by atoms with Gasteiger partial charge < -0.3 is 25.2 Å². The first-order chi connectivity index (χ1) is 15.2. The van der Waals surface area contributed by atoms with Gasteiger partial charge in [-0.3, -0.25) is 9.79 Å². The van der Waals surface area contributed by atoms with E-state index in [2.05, 4.69) is 27.8 Å². The molecule has 1 saturated heterocycles. The molecule has 176 valence electrons. The predicted octanol–water partition coefficient (Wildman–Crippen LogP) is 2.87. The molecular weight excluding hydrogens is 406 g/mol. The zero-order valence-electron chi connectivity index (χ0n) is 19.8. The van der Waals surface area contributed by atoms with Crippen LogP contribution in [-0.2, 0) is 22.6 Å². The number of carbonyl (C=O) groups excluding carboxylic acids is 2. The lowest BCUT2D eigenvalue weighted by atomic mass is 10.1. The van der Waals surface area contributed by atoms with Crippen molar-refractivity contribution in [3.63, 3.8) is 0 Å². The van der Waals surface area contributed by atoms with Gasteiger partial charge in [-0.1, -0.05) is 24.3 Å². The Bertz CT molecular complexity index is 808. The molecule has 1 fully saturated rings. The van der Waals surface area contributed by atoms with Crippen LogP contribution >= 0.6 is 0 Å². The molecule has 3 rings (SSSR count). The molecule has 2 amide bonds. The molecule has 8 nitrogen and oxygen atoms in total. The summed E-state index contributed by atoms with van der Waals surface area (Å²) in [6, 6.07) is 8.35. The Hall–Kier alpha value is -2.77. The molecule has 2 aliphatic heterocycles. The Kier molecular flexibility index (Phi) is 7.99. The Labute approximate surface area is 191 Å². The van der Waals surface area contributed by atoms with Crippen molar-refractivity contribution >= 4 is 18.0 Å². The SMILES string of the molecule is CN=C(NCCCC(=O)N1Cc2ccccc2C1)NC1CCCN(C(=O)OC(C)(C)C)C1. The Morgan fingerprint density at radius 3 is 2.47 bits per heavy atom. The number of likely N-dealkylation sites (tertiary alicyclic amines) is 1. The summed E-state index contributed by atoms with van der Waals surface area (Å²) in [6.45, 7) is 9.01. The molecule has 1 aromatic rings. The van der Waals surface area contributed by atoms with Gasteiger partial charge in [0.05, 0.1) is 0 Å². The number of fused-ring (bicyclic) bond motifs is 1. The largest absolute Gasteiger partial charge is 0.444 e. The molecule has 2 N–H and O–H groups in total. The van der Waals surface area contributed by atoms with Gasteiger partial charge in [-0.2, -0.15) is 0 Å². The highest BCUT2D eigenvalue weighted by Gasteiger charge is 2.28. The highest BCUT2D eigenvalue weighted by atomic mass is 16.6. The molecule has 0 bridgehead atoms. The standard InChI is InChI=1S/C24H37N5O3/c1-24(2,3)32-23(31)28-14-8-11-20(17-28)27-22(25-4)26-13-7-12-21(30)29-15-18-9-5-6-10-19(18)16-29/h5-6,9-10,20H,7-8,11-17H2,1-4H3,(H2,25,26,27). The fourth-order valence-electron chi connectivity index (χ4n) is 4.09. The van der Waals surface area contributed by atoms with E-state index in [1.807, 2.05) is 37.8 Å². The average molecular weight is 444 g/mol. The van der Waals surface area contributed by atoms with Crippen molar-refractivity contribution in [3.8, 4) is 0 Å². The summed E-state index contributed by atoms with van der Waals surface area (Å²) in [4.78, 5) is 32.9. The maximum atomic E-state index is 12.5. The normalized spacial score (nSPS) is 18.9. The zero-order valence-corrected chi connectivity index (χ0v) is 19.8. The first-order valence-electron chi connectivity index (χ1n) is 11.5. The number of nitrogens with zero attached hydrogens (tertiary/aromatic N) is 3. The summed E-state index contributed by atoms with van der Waals surface area (Å²) < 4.78 is 5.50. The van der Waals surface area contributed by atoms with Gasteiger partial charge in [-0.05, 0) is 51.2 Å². The zero-order chi connectivity index (χ0) is 23.1.